The van der Waals surface area contributed by atoms with Crippen LogP contribution in [0.2, 0.25) is 0 Å². The highest BCUT2D eigenvalue weighted by atomic mass is 32.2. The zero-order chi connectivity index (χ0) is 13.8. The molecule has 3 N–H and O–H groups in total. The van der Waals surface area contributed by atoms with E-state index in [1.807, 2.05) is 4.72 Å². The van der Waals surface area contributed by atoms with Crippen molar-refractivity contribution in [3.05, 3.63) is 0 Å². The lowest BCUT2D eigenvalue weighted by Gasteiger charge is -2.31. The monoisotopic (exact) mass is 280 g/mol. The Kier molecular flexibility index (Phi) is 5.51. The smallest absolute Gasteiger partial charge is 0.324 e. The Labute approximate surface area is 107 Å². The van der Waals surface area contributed by atoms with E-state index in [9.17, 15) is 13.2 Å². The second-order valence-electron chi connectivity index (χ2n) is 4.50. The van der Waals surface area contributed by atoms with Gasteiger partial charge in [0.05, 0.1) is 6.61 Å². The summed E-state index contributed by atoms with van der Waals surface area (Å²) in [6.45, 7) is -0.771. The molecule has 7 nitrogen and oxygen atoms in total. The van der Waals surface area contributed by atoms with Crippen molar-refractivity contribution in [2.75, 3.05) is 13.7 Å². The number of rotatable bonds is 6. The number of carbonyl (C=O) groups is 1. The predicted molar refractivity (Wildman–Crippen MR) is 65.2 cm³/mol. The summed E-state index contributed by atoms with van der Waals surface area (Å²) in [7, 11) is -2.43. The van der Waals surface area contributed by atoms with Crippen LogP contribution in [0.4, 0.5) is 0 Å². The topological polar surface area (TPSA) is 107 Å². The largest absolute Gasteiger partial charge is 0.480 e. The number of nitrogens with zero attached hydrogens (tertiary/aromatic N) is 1. The molecule has 0 aromatic rings. The summed E-state index contributed by atoms with van der Waals surface area (Å²) in [6.07, 6.45) is 4.63. The number of carboxylic acid groups (broad SMARTS) is 1. The van der Waals surface area contributed by atoms with Crippen LogP contribution in [0, 0.1) is 0 Å². The molecular weight excluding hydrogens is 260 g/mol. The summed E-state index contributed by atoms with van der Waals surface area (Å²) in [4.78, 5) is 10.7. The molecule has 1 rings (SSSR count). The number of carboxylic acids is 1. The second-order valence-corrected chi connectivity index (χ2v) is 6.27. The van der Waals surface area contributed by atoms with Gasteiger partial charge in [0, 0.05) is 13.1 Å². The maximum absolute atomic E-state index is 11.9. The van der Waals surface area contributed by atoms with Crippen molar-refractivity contribution in [2.24, 2.45) is 0 Å². The molecule has 0 spiro atoms. The van der Waals surface area contributed by atoms with Crippen LogP contribution in [0.25, 0.3) is 0 Å². The number of aliphatic hydroxyl groups excluding tert-OH is 1. The highest BCUT2D eigenvalue weighted by molar-refractivity contribution is 7.87. The fourth-order valence-electron chi connectivity index (χ4n) is 2.07. The first-order valence-corrected chi connectivity index (χ1v) is 7.41. The van der Waals surface area contributed by atoms with Crippen molar-refractivity contribution in [1.29, 1.82) is 0 Å². The summed E-state index contributed by atoms with van der Waals surface area (Å²) < 4.78 is 27.1. The van der Waals surface area contributed by atoms with Gasteiger partial charge in [-0.1, -0.05) is 19.3 Å². The normalized spacial score (nSPS) is 19.9. The van der Waals surface area contributed by atoms with Gasteiger partial charge in [0.1, 0.15) is 6.04 Å². The third-order valence-electron chi connectivity index (χ3n) is 3.24. The standard InChI is InChI=1S/C10H20N2O5S/c1-12(8-5-3-2-4-6-8)18(16,17)11-9(7-13)10(14)15/h8-9,11,13H,2-7H2,1H3,(H,14,15)/t9-/m1/s1. The van der Waals surface area contributed by atoms with Crippen LogP contribution >= 0.6 is 0 Å². The van der Waals surface area contributed by atoms with E-state index in [2.05, 4.69) is 0 Å². The van der Waals surface area contributed by atoms with Crippen molar-refractivity contribution >= 4 is 16.2 Å². The minimum absolute atomic E-state index is 0.0932. The quantitative estimate of drug-likeness (QED) is 0.610. The minimum atomic E-state index is -3.87. The molecule has 1 fully saturated rings. The number of aliphatic hydroxyl groups is 1. The molecule has 0 saturated heterocycles. The van der Waals surface area contributed by atoms with Crippen LogP contribution in [0.3, 0.4) is 0 Å². The summed E-state index contributed by atoms with van der Waals surface area (Å²) in [5, 5.41) is 17.5. The summed E-state index contributed by atoms with van der Waals surface area (Å²) >= 11 is 0. The van der Waals surface area contributed by atoms with E-state index in [0.717, 1.165) is 32.1 Å². The third kappa shape index (κ3) is 3.91. The van der Waals surface area contributed by atoms with Crippen LogP contribution in [0.5, 0.6) is 0 Å². The van der Waals surface area contributed by atoms with E-state index in [1.165, 1.54) is 11.4 Å². The molecule has 0 amide bonds. The van der Waals surface area contributed by atoms with E-state index in [4.69, 9.17) is 10.2 Å². The Balaban J connectivity index is 2.69. The highest BCUT2D eigenvalue weighted by Gasteiger charge is 2.31. The molecule has 1 aliphatic carbocycles. The molecule has 0 heterocycles. The van der Waals surface area contributed by atoms with Gasteiger partial charge in [-0.15, -0.1) is 0 Å². The lowest BCUT2D eigenvalue weighted by Crippen LogP contribution is -2.51. The lowest BCUT2D eigenvalue weighted by molar-refractivity contribution is -0.139. The van der Waals surface area contributed by atoms with Crippen LogP contribution in [0.15, 0.2) is 0 Å². The van der Waals surface area contributed by atoms with Gasteiger partial charge in [0.15, 0.2) is 0 Å². The molecule has 1 aliphatic rings. The second kappa shape index (κ2) is 6.46. The van der Waals surface area contributed by atoms with E-state index in [-0.39, 0.29) is 6.04 Å². The van der Waals surface area contributed by atoms with Crippen LogP contribution < -0.4 is 4.72 Å². The number of aliphatic carboxylic acids is 1. The molecular formula is C10H20N2O5S. The van der Waals surface area contributed by atoms with Gasteiger partial charge in [-0.05, 0) is 12.8 Å². The Morgan fingerprint density at radius 1 is 1.39 bits per heavy atom. The zero-order valence-electron chi connectivity index (χ0n) is 10.4. The average Bonchev–Trinajstić information content (AvgIpc) is 2.35. The predicted octanol–water partition coefficient (Wildman–Crippen LogP) is -0.469. The Morgan fingerprint density at radius 2 is 1.94 bits per heavy atom. The molecule has 0 unspecified atom stereocenters. The summed E-state index contributed by atoms with van der Waals surface area (Å²) in [5.74, 6) is -1.39. The molecule has 0 radical (unpaired) electrons. The van der Waals surface area contributed by atoms with Crippen LogP contribution in [-0.2, 0) is 15.0 Å². The molecule has 0 aromatic carbocycles. The van der Waals surface area contributed by atoms with Gasteiger partial charge < -0.3 is 10.2 Å². The van der Waals surface area contributed by atoms with E-state index < -0.39 is 28.8 Å². The van der Waals surface area contributed by atoms with Crippen LogP contribution in [0.1, 0.15) is 32.1 Å². The molecule has 1 saturated carbocycles. The van der Waals surface area contributed by atoms with Gasteiger partial charge in [-0.3, -0.25) is 4.79 Å². The summed E-state index contributed by atoms with van der Waals surface area (Å²) in [5.41, 5.74) is 0. The first-order valence-electron chi connectivity index (χ1n) is 5.97. The van der Waals surface area contributed by atoms with Gasteiger partial charge in [0.2, 0.25) is 0 Å². The van der Waals surface area contributed by atoms with Crippen LogP contribution in [-0.4, -0.2) is 54.6 Å². The van der Waals surface area contributed by atoms with E-state index in [1.54, 1.807) is 0 Å². The highest BCUT2D eigenvalue weighted by Crippen LogP contribution is 2.23. The fraction of sp³-hybridized carbons (Fsp3) is 0.900. The molecule has 0 aromatic heterocycles. The molecule has 0 bridgehead atoms. The third-order valence-corrected chi connectivity index (χ3v) is 4.88. The van der Waals surface area contributed by atoms with Crippen molar-refractivity contribution in [3.63, 3.8) is 0 Å². The lowest BCUT2D eigenvalue weighted by atomic mass is 9.96. The summed E-state index contributed by atoms with van der Waals surface area (Å²) in [6, 6.07) is -1.59. The van der Waals surface area contributed by atoms with Crippen molar-refractivity contribution in [2.45, 2.75) is 44.2 Å². The van der Waals surface area contributed by atoms with Gasteiger partial charge in [-0.25, -0.2) is 0 Å². The van der Waals surface area contributed by atoms with E-state index >= 15 is 0 Å². The van der Waals surface area contributed by atoms with Crippen molar-refractivity contribution in [3.8, 4) is 0 Å². The Morgan fingerprint density at radius 3 is 2.39 bits per heavy atom. The number of hydrogen-bond donors (Lipinski definition) is 3. The molecule has 106 valence electrons. The van der Waals surface area contributed by atoms with Crippen molar-refractivity contribution < 1.29 is 23.4 Å². The first kappa shape index (κ1) is 15.4. The van der Waals surface area contributed by atoms with Gasteiger partial charge >= 0.3 is 5.97 Å². The first-order chi connectivity index (χ1) is 8.38. The maximum Gasteiger partial charge on any atom is 0.324 e. The van der Waals surface area contributed by atoms with Gasteiger partial charge in [-0.2, -0.15) is 17.4 Å². The SMILES string of the molecule is CN(C1CCCCC1)S(=O)(=O)N[C@H](CO)C(=O)O. The molecule has 1 atom stereocenters. The maximum atomic E-state index is 11.9. The fourth-order valence-corrected chi connectivity index (χ4v) is 3.37. The zero-order valence-corrected chi connectivity index (χ0v) is 11.2. The Bertz CT molecular complexity index is 378. The van der Waals surface area contributed by atoms with Gasteiger partial charge in [0.25, 0.3) is 10.2 Å². The molecule has 8 heteroatoms. The number of hydrogen-bond acceptors (Lipinski definition) is 4. The van der Waals surface area contributed by atoms with E-state index in [0.29, 0.717) is 0 Å². The molecule has 0 aliphatic heterocycles. The Hall–Kier alpha value is -0.700. The molecule has 18 heavy (non-hydrogen) atoms. The average molecular weight is 280 g/mol. The van der Waals surface area contributed by atoms with Crippen molar-refractivity contribution in [1.82, 2.24) is 9.03 Å². The number of nitrogens with one attached hydrogen (secondary N) is 1. The minimum Gasteiger partial charge on any atom is -0.480 e.